The zero-order chi connectivity index (χ0) is 14.8. The minimum absolute atomic E-state index is 0.549. The van der Waals surface area contributed by atoms with Crippen LogP contribution < -0.4 is 10.1 Å². The maximum atomic E-state index is 5.46. The number of methoxy groups -OCH3 is 1. The van der Waals surface area contributed by atoms with Gasteiger partial charge in [0.25, 0.3) is 0 Å². The zero-order valence-electron chi connectivity index (χ0n) is 12.4. The van der Waals surface area contributed by atoms with Crippen molar-refractivity contribution >= 4 is 21.6 Å². The molecule has 1 saturated carbocycles. The molecule has 2 aromatic carbocycles. The summed E-state index contributed by atoms with van der Waals surface area (Å²) >= 11 is 3.59. The average molecular weight is 346 g/mol. The van der Waals surface area contributed by atoms with E-state index in [1.54, 1.807) is 7.11 Å². The van der Waals surface area contributed by atoms with Crippen molar-refractivity contribution in [1.29, 1.82) is 0 Å². The molecule has 1 N–H and O–H groups in total. The lowest BCUT2D eigenvalue weighted by atomic mass is 9.75. The smallest absolute Gasteiger partial charge is 0.122 e. The van der Waals surface area contributed by atoms with Crippen molar-refractivity contribution in [1.82, 2.24) is 0 Å². The highest BCUT2D eigenvalue weighted by atomic mass is 79.9. The molecule has 2 aromatic rings. The zero-order valence-corrected chi connectivity index (χ0v) is 14.0. The van der Waals surface area contributed by atoms with Crippen LogP contribution in [0.2, 0.25) is 0 Å². The Kier molecular flexibility index (Phi) is 4.20. The van der Waals surface area contributed by atoms with Crippen molar-refractivity contribution in [2.24, 2.45) is 0 Å². The van der Waals surface area contributed by atoms with E-state index in [0.29, 0.717) is 12.0 Å². The van der Waals surface area contributed by atoms with Crippen molar-refractivity contribution in [3.8, 4) is 5.75 Å². The van der Waals surface area contributed by atoms with Gasteiger partial charge in [0.05, 0.1) is 7.11 Å². The highest BCUT2D eigenvalue weighted by Gasteiger charge is 2.32. The number of benzene rings is 2. The van der Waals surface area contributed by atoms with Gasteiger partial charge >= 0.3 is 0 Å². The van der Waals surface area contributed by atoms with Crippen molar-refractivity contribution in [2.75, 3.05) is 12.4 Å². The van der Waals surface area contributed by atoms with Crippen LogP contribution in [0, 0.1) is 6.92 Å². The molecule has 0 aliphatic heterocycles. The summed E-state index contributed by atoms with van der Waals surface area (Å²) in [6.45, 7) is 2.14. The van der Waals surface area contributed by atoms with Crippen LogP contribution in [0.5, 0.6) is 5.75 Å². The number of para-hydroxylation sites is 1. The molecule has 0 aromatic heterocycles. The van der Waals surface area contributed by atoms with Gasteiger partial charge in [-0.25, -0.2) is 0 Å². The van der Waals surface area contributed by atoms with Gasteiger partial charge in [0, 0.05) is 16.2 Å². The predicted octanol–water partition coefficient (Wildman–Crippen LogP) is 5.12. The van der Waals surface area contributed by atoms with Crippen LogP contribution in [0.4, 0.5) is 5.69 Å². The molecule has 0 unspecified atom stereocenters. The van der Waals surface area contributed by atoms with Gasteiger partial charge in [-0.15, -0.1) is 0 Å². The number of rotatable bonds is 4. The second-order valence-corrected chi connectivity index (χ2v) is 6.52. The summed E-state index contributed by atoms with van der Waals surface area (Å²) in [5.74, 6) is 1.62. The second kappa shape index (κ2) is 6.10. The number of hydrogen-bond donors (Lipinski definition) is 1. The molecule has 0 radical (unpaired) electrons. The number of ether oxygens (including phenoxy) is 1. The van der Waals surface area contributed by atoms with E-state index >= 15 is 0 Å². The van der Waals surface area contributed by atoms with Crippen LogP contribution in [0.15, 0.2) is 46.9 Å². The SMILES string of the molecule is COc1ccccc1C1CC(Nc2cccc(Br)c2C)C1. The van der Waals surface area contributed by atoms with Crippen molar-refractivity contribution in [3.05, 3.63) is 58.1 Å². The Morgan fingerprint density at radius 3 is 2.62 bits per heavy atom. The van der Waals surface area contributed by atoms with E-state index in [4.69, 9.17) is 4.74 Å². The highest BCUT2D eigenvalue weighted by molar-refractivity contribution is 9.10. The van der Waals surface area contributed by atoms with Crippen LogP contribution in [0.1, 0.15) is 29.9 Å². The molecule has 0 spiro atoms. The molecular formula is C18H20BrNO. The monoisotopic (exact) mass is 345 g/mol. The molecule has 1 aliphatic rings. The number of anilines is 1. The number of hydrogen-bond acceptors (Lipinski definition) is 2. The van der Waals surface area contributed by atoms with Crippen LogP contribution in [0.25, 0.3) is 0 Å². The molecule has 0 saturated heterocycles. The third-order valence-corrected chi connectivity index (χ3v) is 5.20. The van der Waals surface area contributed by atoms with Gasteiger partial charge < -0.3 is 10.1 Å². The molecule has 3 heteroatoms. The first kappa shape index (κ1) is 14.5. The summed E-state index contributed by atoms with van der Waals surface area (Å²) in [5, 5.41) is 3.65. The first-order valence-electron chi connectivity index (χ1n) is 7.33. The van der Waals surface area contributed by atoms with E-state index in [-0.39, 0.29) is 0 Å². The molecule has 0 amide bonds. The molecule has 1 fully saturated rings. The minimum Gasteiger partial charge on any atom is -0.496 e. The average Bonchev–Trinajstić information content (AvgIpc) is 2.46. The van der Waals surface area contributed by atoms with Gasteiger partial charge in [-0.3, -0.25) is 0 Å². The lowest BCUT2D eigenvalue weighted by Crippen LogP contribution is -2.34. The van der Waals surface area contributed by atoms with Crippen LogP contribution in [-0.2, 0) is 0 Å². The summed E-state index contributed by atoms with van der Waals surface area (Å²) in [6, 6.07) is 15.2. The first-order chi connectivity index (χ1) is 10.2. The van der Waals surface area contributed by atoms with Gasteiger partial charge in [0.15, 0.2) is 0 Å². The molecular weight excluding hydrogens is 326 g/mol. The summed E-state index contributed by atoms with van der Waals surface area (Å²) in [6.07, 6.45) is 2.32. The fraction of sp³-hybridized carbons (Fsp3) is 0.333. The maximum absolute atomic E-state index is 5.46. The Labute approximate surface area is 134 Å². The second-order valence-electron chi connectivity index (χ2n) is 5.66. The molecule has 0 bridgehead atoms. The normalized spacial score (nSPS) is 20.7. The van der Waals surface area contributed by atoms with Crippen LogP contribution in [-0.4, -0.2) is 13.2 Å². The molecule has 0 atom stereocenters. The number of halogens is 1. The van der Waals surface area contributed by atoms with Gasteiger partial charge in [-0.1, -0.05) is 40.2 Å². The largest absolute Gasteiger partial charge is 0.496 e. The fourth-order valence-corrected chi connectivity index (χ4v) is 3.34. The Morgan fingerprint density at radius 2 is 1.86 bits per heavy atom. The van der Waals surface area contributed by atoms with E-state index in [1.807, 2.05) is 6.07 Å². The summed E-state index contributed by atoms with van der Waals surface area (Å²) in [5.41, 5.74) is 3.84. The van der Waals surface area contributed by atoms with Crippen molar-refractivity contribution in [3.63, 3.8) is 0 Å². The predicted molar refractivity (Wildman–Crippen MR) is 91.3 cm³/mol. The quantitative estimate of drug-likeness (QED) is 0.829. The third kappa shape index (κ3) is 2.93. The summed E-state index contributed by atoms with van der Waals surface area (Å²) in [7, 11) is 1.75. The lowest BCUT2D eigenvalue weighted by Gasteiger charge is -2.37. The summed E-state index contributed by atoms with van der Waals surface area (Å²) < 4.78 is 6.62. The number of nitrogens with one attached hydrogen (secondary N) is 1. The van der Waals surface area contributed by atoms with E-state index in [9.17, 15) is 0 Å². The molecule has 21 heavy (non-hydrogen) atoms. The fourth-order valence-electron chi connectivity index (χ4n) is 2.98. The van der Waals surface area contributed by atoms with E-state index < -0.39 is 0 Å². The lowest BCUT2D eigenvalue weighted by molar-refractivity contribution is 0.349. The Bertz CT molecular complexity index is 635. The maximum Gasteiger partial charge on any atom is 0.122 e. The standard InChI is InChI=1S/C18H20BrNO/c1-12-16(19)7-5-8-17(12)20-14-10-13(11-14)15-6-3-4-9-18(15)21-2/h3-9,13-14,20H,10-11H2,1-2H3. The molecule has 3 rings (SSSR count). The van der Waals surface area contributed by atoms with E-state index in [0.717, 1.165) is 23.1 Å². The third-order valence-electron chi connectivity index (χ3n) is 4.34. The molecule has 1 aliphatic carbocycles. The summed E-state index contributed by atoms with van der Waals surface area (Å²) in [4.78, 5) is 0. The Balaban J connectivity index is 1.65. The van der Waals surface area contributed by atoms with E-state index in [1.165, 1.54) is 16.8 Å². The topological polar surface area (TPSA) is 21.3 Å². The van der Waals surface area contributed by atoms with Crippen LogP contribution >= 0.6 is 15.9 Å². The first-order valence-corrected chi connectivity index (χ1v) is 8.13. The molecule has 2 nitrogen and oxygen atoms in total. The van der Waals surface area contributed by atoms with Gasteiger partial charge in [-0.05, 0) is 55.0 Å². The molecule has 0 heterocycles. The van der Waals surface area contributed by atoms with Gasteiger partial charge in [0.2, 0.25) is 0 Å². The highest BCUT2D eigenvalue weighted by Crippen LogP contribution is 2.42. The van der Waals surface area contributed by atoms with Crippen LogP contribution in [0.3, 0.4) is 0 Å². The van der Waals surface area contributed by atoms with E-state index in [2.05, 4.69) is 64.6 Å². The van der Waals surface area contributed by atoms with Crippen molar-refractivity contribution in [2.45, 2.75) is 31.7 Å². The Hall–Kier alpha value is -1.48. The van der Waals surface area contributed by atoms with Gasteiger partial charge in [-0.2, -0.15) is 0 Å². The Morgan fingerprint density at radius 1 is 1.10 bits per heavy atom. The molecule has 110 valence electrons. The van der Waals surface area contributed by atoms with Crippen molar-refractivity contribution < 1.29 is 4.74 Å². The van der Waals surface area contributed by atoms with Gasteiger partial charge in [0.1, 0.15) is 5.75 Å². The minimum atomic E-state index is 0.549.